The van der Waals surface area contributed by atoms with Crippen LogP contribution in [0.5, 0.6) is 5.75 Å². The van der Waals surface area contributed by atoms with Crippen molar-refractivity contribution in [2.75, 3.05) is 0 Å². The van der Waals surface area contributed by atoms with E-state index in [2.05, 4.69) is 218 Å². The Kier molecular flexibility index (Phi) is 11.1. The molecule has 0 fully saturated rings. The molecule has 0 aliphatic rings. The SMILES string of the molecule is Cc1ccnc(-c2cc(-c3cccc4c3nc(-c3ccc(-c5c(C(C)(C)C)ccc6cc(C(C)(C)C)ccc56)cc3O)n4-c3cc(C(C)(C)C)cc(C(C)(C)C)c3)cc(C(C)(C)C)c2)c1. The van der Waals surface area contributed by atoms with Crippen LogP contribution in [-0.4, -0.2) is 19.6 Å². The van der Waals surface area contributed by atoms with Crippen LogP contribution in [0.3, 0.4) is 0 Å². The van der Waals surface area contributed by atoms with Gasteiger partial charge in [-0.05, 0) is 149 Å². The zero-order valence-electron chi connectivity index (χ0n) is 41.8. The van der Waals surface area contributed by atoms with Crippen LogP contribution < -0.4 is 0 Å². The zero-order valence-corrected chi connectivity index (χ0v) is 41.8. The molecular formula is C61H69N3O. The molecule has 8 rings (SSSR count). The van der Waals surface area contributed by atoms with E-state index in [4.69, 9.17) is 9.97 Å². The van der Waals surface area contributed by atoms with Crippen LogP contribution in [0.1, 0.15) is 137 Å². The van der Waals surface area contributed by atoms with Gasteiger partial charge >= 0.3 is 0 Å². The van der Waals surface area contributed by atoms with Gasteiger partial charge in [0.25, 0.3) is 0 Å². The lowest BCUT2D eigenvalue weighted by Crippen LogP contribution is -2.17. The van der Waals surface area contributed by atoms with Gasteiger partial charge in [0.1, 0.15) is 11.6 Å². The zero-order chi connectivity index (χ0) is 47.2. The number of imidazole rings is 1. The summed E-state index contributed by atoms with van der Waals surface area (Å²) in [6, 6.07) is 42.2. The van der Waals surface area contributed by atoms with Crippen molar-refractivity contribution in [3.63, 3.8) is 0 Å². The Morgan fingerprint density at radius 1 is 0.492 bits per heavy atom. The Hall–Kier alpha value is -6.00. The molecule has 334 valence electrons. The fourth-order valence-corrected chi connectivity index (χ4v) is 9.05. The highest BCUT2D eigenvalue weighted by Crippen LogP contribution is 2.45. The molecule has 0 radical (unpaired) electrons. The van der Waals surface area contributed by atoms with Crippen LogP contribution in [0.25, 0.3) is 72.4 Å². The van der Waals surface area contributed by atoms with Crippen LogP contribution in [-0.2, 0) is 27.1 Å². The molecule has 2 heterocycles. The predicted molar refractivity (Wildman–Crippen MR) is 278 cm³/mol. The summed E-state index contributed by atoms with van der Waals surface area (Å²) in [5.41, 5.74) is 16.8. The minimum absolute atomic E-state index is 0.0260. The van der Waals surface area contributed by atoms with Crippen molar-refractivity contribution in [1.29, 1.82) is 0 Å². The van der Waals surface area contributed by atoms with E-state index in [0.717, 1.165) is 50.2 Å². The van der Waals surface area contributed by atoms with E-state index in [1.54, 1.807) is 0 Å². The van der Waals surface area contributed by atoms with E-state index in [1.165, 1.54) is 44.2 Å². The van der Waals surface area contributed by atoms with Crippen LogP contribution >= 0.6 is 0 Å². The number of rotatable bonds is 5. The Balaban J connectivity index is 1.42. The number of benzene rings is 6. The molecule has 0 amide bonds. The minimum Gasteiger partial charge on any atom is -0.507 e. The Morgan fingerprint density at radius 2 is 1.12 bits per heavy atom. The molecule has 2 aromatic heterocycles. The number of aryl methyl sites for hydroxylation is 1. The van der Waals surface area contributed by atoms with Crippen molar-refractivity contribution in [3.8, 4) is 56.3 Å². The first-order valence-electron chi connectivity index (χ1n) is 23.4. The normalized spacial score (nSPS) is 13.0. The summed E-state index contributed by atoms with van der Waals surface area (Å²) < 4.78 is 2.28. The van der Waals surface area contributed by atoms with Gasteiger partial charge in [0, 0.05) is 23.0 Å². The third-order valence-corrected chi connectivity index (χ3v) is 13.1. The Bertz CT molecular complexity index is 3090. The third kappa shape index (κ3) is 8.89. The summed E-state index contributed by atoms with van der Waals surface area (Å²) >= 11 is 0. The topological polar surface area (TPSA) is 50.9 Å². The number of pyridine rings is 1. The Morgan fingerprint density at radius 3 is 1.72 bits per heavy atom. The maximum atomic E-state index is 12.5. The van der Waals surface area contributed by atoms with Crippen LogP contribution in [0.4, 0.5) is 0 Å². The van der Waals surface area contributed by atoms with Gasteiger partial charge in [-0.2, -0.15) is 0 Å². The smallest absolute Gasteiger partial charge is 0.149 e. The van der Waals surface area contributed by atoms with E-state index in [-0.39, 0.29) is 32.8 Å². The molecule has 4 nitrogen and oxygen atoms in total. The minimum atomic E-state index is -0.132. The van der Waals surface area contributed by atoms with Gasteiger partial charge < -0.3 is 5.11 Å². The third-order valence-electron chi connectivity index (χ3n) is 13.1. The van der Waals surface area contributed by atoms with Gasteiger partial charge in [-0.25, -0.2) is 4.98 Å². The molecular weight excluding hydrogens is 791 g/mol. The number of para-hydroxylation sites is 1. The molecule has 0 aliphatic carbocycles. The molecule has 1 N–H and O–H groups in total. The van der Waals surface area contributed by atoms with E-state index in [1.807, 2.05) is 18.3 Å². The molecule has 0 atom stereocenters. The molecule has 0 bridgehead atoms. The lowest BCUT2D eigenvalue weighted by atomic mass is 9.78. The number of phenolic OH excluding ortho intramolecular Hbond substituents is 1. The number of hydrogen-bond acceptors (Lipinski definition) is 3. The summed E-state index contributed by atoms with van der Waals surface area (Å²) in [7, 11) is 0. The van der Waals surface area contributed by atoms with Crippen molar-refractivity contribution in [2.24, 2.45) is 0 Å². The first kappa shape index (κ1) is 45.6. The lowest BCUT2D eigenvalue weighted by Gasteiger charge is -2.27. The molecule has 65 heavy (non-hydrogen) atoms. The van der Waals surface area contributed by atoms with Gasteiger partial charge in [-0.3, -0.25) is 9.55 Å². The maximum absolute atomic E-state index is 12.5. The van der Waals surface area contributed by atoms with E-state index in [0.29, 0.717) is 11.4 Å². The summed E-state index contributed by atoms with van der Waals surface area (Å²) in [4.78, 5) is 10.4. The van der Waals surface area contributed by atoms with Crippen molar-refractivity contribution < 1.29 is 5.11 Å². The second-order valence-electron chi connectivity index (χ2n) is 23.6. The van der Waals surface area contributed by atoms with Gasteiger partial charge in [0.15, 0.2) is 0 Å². The van der Waals surface area contributed by atoms with Crippen molar-refractivity contribution in [1.82, 2.24) is 14.5 Å². The second-order valence-corrected chi connectivity index (χ2v) is 23.6. The average molecular weight is 860 g/mol. The highest BCUT2D eigenvalue weighted by molar-refractivity contribution is 6.01. The summed E-state index contributed by atoms with van der Waals surface area (Å²) in [6.45, 7) is 36.2. The molecule has 0 unspecified atom stereocenters. The highest BCUT2D eigenvalue weighted by atomic mass is 16.3. The summed E-state index contributed by atoms with van der Waals surface area (Å²) in [5.74, 6) is 0.882. The first-order chi connectivity index (χ1) is 30.2. The first-order valence-corrected chi connectivity index (χ1v) is 23.4. The predicted octanol–water partition coefficient (Wildman–Crippen LogP) is 16.7. The second kappa shape index (κ2) is 15.9. The van der Waals surface area contributed by atoms with Crippen LogP contribution in [0, 0.1) is 6.92 Å². The van der Waals surface area contributed by atoms with Crippen molar-refractivity contribution in [2.45, 2.75) is 138 Å². The monoisotopic (exact) mass is 860 g/mol. The molecule has 6 aromatic carbocycles. The van der Waals surface area contributed by atoms with Gasteiger partial charge in [0.2, 0.25) is 0 Å². The van der Waals surface area contributed by atoms with Gasteiger partial charge in [-0.1, -0.05) is 165 Å². The highest BCUT2D eigenvalue weighted by Gasteiger charge is 2.28. The van der Waals surface area contributed by atoms with E-state index in [9.17, 15) is 5.11 Å². The fourth-order valence-electron chi connectivity index (χ4n) is 9.05. The Labute approximate surface area is 388 Å². The number of aromatic nitrogens is 3. The average Bonchev–Trinajstić information content (AvgIpc) is 3.60. The van der Waals surface area contributed by atoms with Crippen molar-refractivity contribution >= 4 is 21.8 Å². The standard InChI is InChI=1S/C61H69N3O/c1-37-26-27-62-51(28-37)41-29-40(31-43(32-41)58(5,6)7)48-18-17-19-52-55(48)63-56(64(52)46-35-44(59(8,9)10)34-45(36-46)60(11,12)13)49-23-20-39(33-53(49)65)54-47-24-22-42(57(2,3)4)30-38(47)21-25-50(54)61(14,15)16/h17-36,65H,1-16H3. The van der Waals surface area contributed by atoms with Crippen LogP contribution in [0.2, 0.25) is 0 Å². The maximum Gasteiger partial charge on any atom is 0.149 e. The van der Waals surface area contributed by atoms with Crippen molar-refractivity contribution in [3.05, 3.63) is 155 Å². The molecule has 0 saturated carbocycles. The number of phenols is 1. The summed E-state index contributed by atoms with van der Waals surface area (Å²) in [5, 5.41) is 14.9. The van der Waals surface area contributed by atoms with Gasteiger partial charge in [0.05, 0.1) is 22.3 Å². The largest absolute Gasteiger partial charge is 0.507 e. The molecule has 0 spiro atoms. The quantitative estimate of drug-likeness (QED) is 0.188. The molecule has 0 aliphatic heterocycles. The number of fused-ring (bicyclic) bond motifs is 2. The summed E-state index contributed by atoms with van der Waals surface area (Å²) in [6.07, 6.45) is 1.89. The van der Waals surface area contributed by atoms with Crippen LogP contribution in [0.15, 0.2) is 121 Å². The van der Waals surface area contributed by atoms with E-state index < -0.39 is 0 Å². The number of nitrogens with zero attached hydrogens (tertiary/aromatic N) is 3. The lowest BCUT2D eigenvalue weighted by molar-refractivity contribution is 0.477. The molecule has 4 heteroatoms. The van der Waals surface area contributed by atoms with Gasteiger partial charge in [-0.15, -0.1) is 0 Å². The molecule has 0 saturated heterocycles. The number of hydrogen-bond donors (Lipinski definition) is 1. The number of aromatic hydroxyl groups is 1. The fraction of sp³-hybridized carbons (Fsp3) is 0.344. The molecule has 8 aromatic rings. The van der Waals surface area contributed by atoms with E-state index >= 15 is 0 Å².